The Morgan fingerprint density at radius 3 is 2.58 bits per heavy atom. The Kier molecular flexibility index (Phi) is 6.73. The van der Waals surface area contributed by atoms with E-state index in [1.54, 1.807) is 0 Å². The quantitative estimate of drug-likeness (QED) is 0.164. The van der Waals surface area contributed by atoms with Crippen molar-refractivity contribution in [2.75, 3.05) is 26.4 Å². The molecule has 1 heterocycles. The van der Waals surface area contributed by atoms with Crippen LogP contribution in [-0.2, 0) is 14.3 Å². The summed E-state index contributed by atoms with van der Waals surface area (Å²) in [6.07, 6.45) is 0. The number of Topliss-reactive ketones (excluding diaryl/α,β-unsaturated/α-hetero) is 1. The van der Waals surface area contributed by atoms with E-state index in [2.05, 4.69) is 0 Å². The Labute approximate surface area is 176 Å². The summed E-state index contributed by atoms with van der Waals surface area (Å²) in [5, 5.41) is 30.7. The number of hydrogen-bond donors (Lipinski definition) is 2. The molecule has 2 aromatic carbocycles. The third-order valence-electron chi connectivity index (χ3n) is 4.78. The fourth-order valence-electron chi connectivity index (χ4n) is 3.38. The summed E-state index contributed by atoms with van der Waals surface area (Å²) in [5.41, 5.74) is -0.767. The Morgan fingerprint density at radius 2 is 1.90 bits per heavy atom. The van der Waals surface area contributed by atoms with Gasteiger partial charge in [-0.25, -0.2) is 4.39 Å². The number of nitro benzene ring substituents is 1. The van der Waals surface area contributed by atoms with Crippen LogP contribution in [0.4, 0.5) is 10.1 Å². The summed E-state index contributed by atoms with van der Waals surface area (Å²) in [7, 11) is 0. The van der Waals surface area contributed by atoms with Gasteiger partial charge in [0.1, 0.15) is 11.6 Å². The highest BCUT2D eigenvalue weighted by Gasteiger charge is 2.46. The molecule has 1 atom stereocenters. The van der Waals surface area contributed by atoms with Crippen molar-refractivity contribution in [2.45, 2.75) is 6.04 Å². The van der Waals surface area contributed by atoms with Crippen LogP contribution in [0.1, 0.15) is 17.2 Å². The monoisotopic (exact) mass is 430 g/mol. The van der Waals surface area contributed by atoms with Crippen molar-refractivity contribution in [3.05, 3.63) is 81.2 Å². The number of aliphatic hydroxyl groups is 2. The summed E-state index contributed by atoms with van der Waals surface area (Å²) in [5.74, 6) is -3.35. The number of amides is 1. The van der Waals surface area contributed by atoms with Crippen molar-refractivity contribution in [1.82, 2.24) is 4.90 Å². The predicted octanol–water partition coefficient (Wildman–Crippen LogP) is 2.16. The first-order valence-electron chi connectivity index (χ1n) is 9.33. The summed E-state index contributed by atoms with van der Waals surface area (Å²) >= 11 is 0. The average molecular weight is 430 g/mol. The lowest BCUT2D eigenvalue weighted by Crippen LogP contribution is -2.33. The fraction of sp³-hybridized carbons (Fsp3) is 0.238. The van der Waals surface area contributed by atoms with Crippen molar-refractivity contribution in [1.29, 1.82) is 0 Å². The highest BCUT2D eigenvalue weighted by molar-refractivity contribution is 6.46. The molecule has 1 fully saturated rings. The van der Waals surface area contributed by atoms with Gasteiger partial charge < -0.3 is 19.8 Å². The molecule has 2 N–H and O–H groups in total. The Bertz CT molecular complexity index is 1050. The molecule has 0 bridgehead atoms. The van der Waals surface area contributed by atoms with Crippen LogP contribution in [0.5, 0.6) is 0 Å². The zero-order valence-corrected chi connectivity index (χ0v) is 16.2. The van der Waals surface area contributed by atoms with E-state index in [1.807, 2.05) is 0 Å². The van der Waals surface area contributed by atoms with Crippen LogP contribution in [0.3, 0.4) is 0 Å². The summed E-state index contributed by atoms with van der Waals surface area (Å²) in [4.78, 5) is 36.9. The number of likely N-dealkylation sites (tertiary alicyclic amines) is 1. The molecule has 1 aliphatic heterocycles. The molecule has 9 nitrogen and oxygen atoms in total. The fourth-order valence-corrected chi connectivity index (χ4v) is 3.38. The Balaban J connectivity index is 2.12. The van der Waals surface area contributed by atoms with Crippen LogP contribution >= 0.6 is 0 Å². The SMILES string of the molecule is O=C1C(=O)N(CCOCCO)C(c2ccccc2F)C1=C(O)c1cccc([N+](=O)[O-])c1. The van der Waals surface area contributed by atoms with Gasteiger partial charge in [-0.15, -0.1) is 0 Å². The number of rotatable bonds is 8. The van der Waals surface area contributed by atoms with E-state index < -0.39 is 34.2 Å². The lowest BCUT2D eigenvalue weighted by Gasteiger charge is -2.25. The van der Waals surface area contributed by atoms with Gasteiger partial charge in [-0.2, -0.15) is 0 Å². The molecule has 1 saturated heterocycles. The molecule has 1 amide bonds. The zero-order chi connectivity index (χ0) is 22.5. The van der Waals surface area contributed by atoms with Gasteiger partial charge in [0, 0.05) is 29.8 Å². The first kappa shape index (κ1) is 22.1. The van der Waals surface area contributed by atoms with Gasteiger partial charge in [-0.3, -0.25) is 19.7 Å². The van der Waals surface area contributed by atoms with Crippen molar-refractivity contribution < 1.29 is 33.9 Å². The number of nitrogens with zero attached hydrogens (tertiary/aromatic N) is 2. The molecule has 0 saturated carbocycles. The standard InChI is InChI=1S/C21H19FN2O7/c22-16-7-2-1-6-15(16)18-17(19(26)13-4-3-5-14(12-13)24(29)30)20(27)21(28)23(18)8-10-31-11-9-25/h1-7,12,18,25-26H,8-11H2. The van der Waals surface area contributed by atoms with Crippen molar-refractivity contribution in [3.8, 4) is 0 Å². The van der Waals surface area contributed by atoms with Gasteiger partial charge in [-0.1, -0.05) is 30.3 Å². The van der Waals surface area contributed by atoms with Gasteiger partial charge >= 0.3 is 0 Å². The number of benzene rings is 2. The maximum atomic E-state index is 14.6. The van der Waals surface area contributed by atoms with Crippen molar-refractivity contribution in [3.63, 3.8) is 0 Å². The largest absolute Gasteiger partial charge is 0.507 e. The zero-order valence-electron chi connectivity index (χ0n) is 16.2. The van der Waals surface area contributed by atoms with Crippen LogP contribution in [0.25, 0.3) is 5.76 Å². The molecule has 0 aromatic heterocycles. The molecule has 0 radical (unpaired) electrons. The first-order chi connectivity index (χ1) is 14.9. The van der Waals surface area contributed by atoms with Crippen LogP contribution < -0.4 is 0 Å². The van der Waals surface area contributed by atoms with Crippen LogP contribution in [0.2, 0.25) is 0 Å². The van der Waals surface area contributed by atoms with E-state index in [0.29, 0.717) is 0 Å². The topological polar surface area (TPSA) is 130 Å². The minimum absolute atomic E-state index is 0.0158. The normalized spacial score (nSPS) is 17.9. The third-order valence-corrected chi connectivity index (χ3v) is 4.78. The van der Waals surface area contributed by atoms with Gasteiger partial charge in [0.15, 0.2) is 0 Å². The molecule has 3 rings (SSSR count). The van der Waals surface area contributed by atoms with E-state index in [4.69, 9.17) is 9.84 Å². The molecule has 31 heavy (non-hydrogen) atoms. The first-order valence-corrected chi connectivity index (χ1v) is 9.33. The van der Waals surface area contributed by atoms with Gasteiger partial charge in [0.2, 0.25) is 0 Å². The minimum atomic E-state index is -1.25. The molecule has 0 aliphatic carbocycles. The summed E-state index contributed by atoms with van der Waals surface area (Å²) < 4.78 is 19.8. The number of halogens is 1. The van der Waals surface area contributed by atoms with E-state index >= 15 is 0 Å². The number of aliphatic hydroxyl groups excluding tert-OH is 2. The summed E-state index contributed by atoms with van der Waals surface area (Å²) in [6.45, 7) is -0.352. The van der Waals surface area contributed by atoms with Crippen LogP contribution in [0, 0.1) is 15.9 Å². The molecule has 162 valence electrons. The molecule has 0 spiro atoms. The highest BCUT2D eigenvalue weighted by atomic mass is 19.1. The second-order valence-corrected chi connectivity index (χ2v) is 6.66. The number of non-ortho nitro benzene ring substituents is 1. The maximum absolute atomic E-state index is 14.6. The number of carbonyl (C=O) groups excluding carboxylic acids is 2. The van der Waals surface area contributed by atoms with E-state index in [9.17, 15) is 29.2 Å². The average Bonchev–Trinajstić information content (AvgIpc) is 3.01. The number of ether oxygens (including phenoxy) is 1. The lowest BCUT2D eigenvalue weighted by molar-refractivity contribution is -0.384. The molecule has 1 unspecified atom stereocenters. The number of carbonyl (C=O) groups is 2. The van der Waals surface area contributed by atoms with E-state index in [0.717, 1.165) is 17.0 Å². The maximum Gasteiger partial charge on any atom is 0.295 e. The molecule has 10 heteroatoms. The van der Waals surface area contributed by atoms with E-state index in [1.165, 1.54) is 36.4 Å². The molecule has 1 aliphatic rings. The highest BCUT2D eigenvalue weighted by Crippen LogP contribution is 2.40. The van der Waals surface area contributed by atoms with Gasteiger partial charge in [0.25, 0.3) is 17.4 Å². The number of nitro groups is 1. The number of ketones is 1. The Morgan fingerprint density at radius 1 is 1.16 bits per heavy atom. The molecular weight excluding hydrogens is 411 g/mol. The van der Waals surface area contributed by atoms with Crippen LogP contribution in [-0.4, -0.2) is 58.1 Å². The summed E-state index contributed by atoms with van der Waals surface area (Å²) in [6, 6.07) is 9.19. The predicted molar refractivity (Wildman–Crippen MR) is 106 cm³/mol. The van der Waals surface area contributed by atoms with Gasteiger partial charge in [0.05, 0.1) is 36.4 Å². The van der Waals surface area contributed by atoms with Crippen molar-refractivity contribution in [2.24, 2.45) is 0 Å². The molecular formula is C21H19FN2O7. The van der Waals surface area contributed by atoms with Gasteiger partial charge in [-0.05, 0) is 6.07 Å². The van der Waals surface area contributed by atoms with Crippen LogP contribution in [0.15, 0.2) is 54.1 Å². The second-order valence-electron chi connectivity index (χ2n) is 6.66. The Hall–Kier alpha value is -3.63. The minimum Gasteiger partial charge on any atom is -0.507 e. The number of hydrogen-bond acceptors (Lipinski definition) is 7. The van der Waals surface area contributed by atoms with E-state index in [-0.39, 0.29) is 48.8 Å². The molecule has 2 aromatic rings. The van der Waals surface area contributed by atoms with Crippen molar-refractivity contribution >= 4 is 23.1 Å². The third kappa shape index (κ3) is 4.44. The second kappa shape index (κ2) is 9.45. The lowest BCUT2D eigenvalue weighted by atomic mass is 9.95. The smallest absolute Gasteiger partial charge is 0.295 e.